The molecular formula is C27H30N4O2. The Kier molecular flexibility index (Phi) is 7.29. The molecule has 0 spiro atoms. The van der Waals surface area contributed by atoms with Crippen LogP contribution in [0.2, 0.25) is 0 Å². The highest BCUT2D eigenvalue weighted by Gasteiger charge is 2.15. The summed E-state index contributed by atoms with van der Waals surface area (Å²) in [6.07, 6.45) is 0.374. The van der Waals surface area contributed by atoms with Crippen LogP contribution in [0, 0.1) is 10.8 Å². The molecule has 0 aromatic heterocycles. The fourth-order valence-corrected chi connectivity index (χ4v) is 4.11. The lowest BCUT2D eigenvalue weighted by molar-refractivity contribution is 0.0342. The van der Waals surface area contributed by atoms with Crippen molar-refractivity contribution in [3.8, 4) is 11.1 Å². The highest BCUT2D eigenvalue weighted by atomic mass is 16.5. The molecule has 0 atom stereocenters. The summed E-state index contributed by atoms with van der Waals surface area (Å²) in [5, 5.41) is 26.7. The van der Waals surface area contributed by atoms with Gasteiger partial charge in [0.2, 0.25) is 0 Å². The predicted octanol–water partition coefficient (Wildman–Crippen LogP) is 3.89. The number of nitrogens with one attached hydrogen (secondary N) is 2. The topological polar surface area (TPSA) is 106 Å². The van der Waals surface area contributed by atoms with E-state index in [4.69, 9.17) is 21.3 Å². The third-order valence-corrected chi connectivity index (χ3v) is 5.95. The number of benzene rings is 3. The highest BCUT2D eigenvalue weighted by Crippen LogP contribution is 2.26. The number of hydrogen-bond acceptors (Lipinski definition) is 6. The minimum Gasteiger partial charge on any atom is -0.398 e. The summed E-state index contributed by atoms with van der Waals surface area (Å²) in [5.41, 5.74) is 12.5. The number of hydrogen-bond donors (Lipinski definition) is 4. The molecule has 0 saturated carbocycles. The van der Waals surface area contributed by atoms with Gasteiger partial charge in [0.1, 0.15) is 0 Å². The molecule has 6 heteroatoms. The van der Waals surface area contributed by atoms with Crippen LogP contribution < -0.4 is 5.73 Å². The van der Waals surface area contributed by atoms with Crippen LogP contribution in [-0.2, 0) is 24.3 Å². The van der Waals surface area contributed by atoms with Gasteiger partial charge in [-0.2, -0.15) is 0 Å². The highest BCUT2D eigenvalue weighted by molar-refractivity contribution is 6.47. The smallest absolute Gasteiger partial charge is 0.0844 e. The number of nitrogen functional groups attached to an aromatic ring is 1. The number of morpholine rings is 1. The van der Waals surface area contributed by atoms with Gasteiger partial charge in [0.05, 0.1) is 31.2 Å². The van der Waals surface area contributed by atoms with E-state index < -0.39 is 0 Å². The fraction of sp³-hybridized carbons (Fsp3) is 0.259. The second kappa shape index (κ2) is 10.5. The summed E-state index contributed by atoms with van der Waals surface area (Å²) in [7, 11) is 0. The Morgan fingerprint density at radius 3 is 2.36 bits per heavy atom. The predicted molar refractivity (Wildman–Crippen MR) is 133 cm³/mol. The average molecular weight is 443 g/mol. The molecule has 1 aliphatic heterocycles. The molecule has 3 aromatic carbocycles. The zero-order chi connectivity index (χ0) is 23.2. The SMILES string of the molecule is N=C(Cc1cccc(CN2CCOCC2)c1)C(=N)c1cc(-c2cccc(CO)c2)ccc1N. The van der Waals surface area contributed by atoms with E-state index in [9.17, 15) is 5.11 Å². The summed E-state index contributed by atoms with van der Waals surface area (Å²) in [5.74, 6) is 0. The Morgan fingerprint density at radius 2 is 1.58 bits per heavy atom. The van der Waals surface area contributed by atoms with Gasteiger partial charge in [-0.3, -0.25) is 10.3 Å². The van der Waals surface area contributed by atoms with Crippen LogP contribution in [-0.4, -0.2) is 47.7 Å². The molecule has 0 bridgehead atoms. The first kappa shape index (κ1) is 22.9. The van der Waals surface area contributed by atoms with Gasteiger partial charge in [0.25, 0.3) is 0 Å². The first-order chi connectivity index (χ1) is 16.0. The van der Waals surface area contributed by atoms with Crippen LogP contribution in [0.5, 0.6) is 0 Å². The average Bonchev–Trinajstić information content (AvgIpc) is 2.85. The van der Waals surface area contributed by atoms with E-state index >= 15 is 0 Å². The summed E-state index contributed by atoms with van der Waals surface area (Å²) in [6.45, 7) is 4.24. The molecule has 1 saturated heterocycles. The Labute approximate surface area is 194 Å². The van der Waals surface area contributed by atoms with Crippen molar-refractivity contribution in [2.45, 2.75) is 19.6 Å². The lowest BCUT2D eigenvalue weighted by atomic mass is 9.94. The van der Waals surface area contributed by atoms with Gasteiger partial charge in [-0.25, -0.2) is 0 Å². The van der Waals surface area contributed by atoms with E-state index in [0.717, 1.165) is 55.1 Å². The van der Waals surface area contributed by atoms with Crippen molar-refractivity contribution >= 4 is 17.1 Å². The molecule has 0 amide bonds. The molecule has 3 aromatic rings. The standard InChI is InChI=1S/C27H30N4O2/c28-25-8-7-23(22-6-2-5-21(14-22)18-32)16-24(25)27(30)26(29)15-19-3-1-4-20(13-19)17-31-9-11-33-12-10-31/h1-8,13-14,16,29-30,32H,9-12,15,17-18,28H2. The van der Waals surface area contributed by atoms with Crippen molar-refractivity contribution < 1.29 is 9.84 Å². The Bertz CT molecular complexity index is 1150. The van der Waals surface area contributed by atoms with Crippen LogP contribution in [0.4, 0.5) is 5.69 Å². The summed E-state index contributed by atoms with van der Waals surface area (Å²) in [6, 6.07) is 21.4. The van der Waals surface area contributed by atoms with Crippen molar-refractivity contribution in [1.82, 2.24) is 4.90 Å². The normalized spacial score (nSPS) is 14.2. The molecule has 4 rings (SSSR count). The van der Waals surface area contributed by atoms with E-state index in [0.29, 0.717) is 17.7 Å². The van der Waals surface area contributed by atoms with Crippen molar-refractivity contribution in [3.63, 3.8) is 0 Å². The third kappa shape index (κ3) is 5.73. The van der Waals surface area contributed by atoms with Gasteiger partial charge in [-0.05, 0) is 46.0 Å². The maximum Gasteiger partial charge on any atom is 0.0844 e. The zero-order valence-electron chi connectivity index (χ0n) is 18.7. The van der Waals surface area contributed by atoms with Crippen molar-refractivity contribution in [3.05, 3.63) is 89.0 Å². The van der Waals surface area contributed by atoms with E-state index in [1.807, 2.05) is 48.5 Å². The number of rotatable bonds is 8. The summed E-state index contributed by atoms with van der Waals surface area (Å²) < 4.78 is 5.43. The van der Waals surface area contributed by atoms with Gasteiger partial charge in [-0.15, -0.1) is 0 Å². The largest absolute Gasteiger partial charge is 0.398 e. The number of nitrogens with two attached hydrogens (primary N) is 1. The molecule has 1 heterocycles. The first-order valence-corrected chi connectivity index (χ1v) is 11.2. The molecule has 6 nitrogen and oxygen atoms in total. The van der Waals surface area contributed by atoms with Gasteiger partial charge in [-0.1, -0.05) is 48.5 Å². The monoisotopic (exact) mass is 442 g/mol. The molecule has 1 aliphatic rings. The quantitative estimate of drug-likeness (QED) is 0.314. The Balaban J connectivity index is 1.49. The van der Waals surface area contributed by atoms with E-state index in [2.05, 4.69) is 17.0 Å². The molecule has 33 heavy (non-hydrogen) atoms. The van der Waals surface area contributed by atoms with Gasteiger partial charge in [0, 0.05) is 37.3 Å². The summed E-state index contributed by atoms with van der Waals surface area (Å²) >= 11 is 0. The first-order valence-electron chi connectivity index (χ1n) is 11.2. The van der Waals surface area contributed by atoms with Gasteiger partial charge >= 0.3 is 0 Å². The van der Waals surface area contributed by atoms with Crippen LogP contribution in [0.3, 0.4) is 0 Å². The molecule has 0 aliphatic carbocycles. The fourth-order valence-electron chi connectivity index (χ4n) is 4.11. The summed E-state index contributed by atoms with van der Waals surface area (Å²) in [4.78, 5) is 2.37. The maximum absolute atomic E-state index is 9.43. The molecule has 0 radical (unpaired) electrons. The van der Waals surface area contributed by atoms with Gasteiger partial charge < -0.3 is 21.0 Å². The Hall–Kier alpha value is -3.32. The minimum absolute atomic E-state index is 0.0270. The number of anilines is 1. The maximum atomic E-state index is 9.43. The molecule has 170 valence electrons. The van der Waals surface area contributed by atoms with E-state index in [1.165, 1.54) is 5.56 Å². The Morgan fingerprint density at radius 1 is 0.879 bits per heavy atom. The molecular weight excluding hydrogens is 412 g/mol. The van der Waals surface area contributed by atoms with Crippen molar-refractivity contribution in [2.24, 2.45) is 0 Å². The lowest BCUT2D eigenvalue weighted by Crippen LogP contribution is -2.35. The number of aliphatic hydroxyl groups is 1. The minimum atomic E-state index is -0.0270. The molecule has 5 N–H and O–H groups in total. The van der Waals surface area contributed by atoms with Crippen LogP contribution in [0.25, 0.3) is 11.1 Å². The van der Waals surface area contributed by atoms with Crippen molar-refractivity contribution in [1.29, 1.82) is 10.8 Å². The van der Waals surface area contributed by atoms with E-state index in [-0.39, 0.29) is 18.0 Å². The molecule has 0 unspecified atom stereocenters. The van der Waals surface area contributed by atoms with Gasteiger partial charge in [0.15, 0.2) is 0 Å². The van der Waals surface area contributed by atoms with Crippen LogP contribution in [0.1, 0.15) is 22.3 Å². The number of nitrogens with zero attached hydrogens (tertiary/aromatic N) is 1. The third-order valence-electron chi connectivity index (χ3n) is 5.95. The van der Waals surface area contributed by atoms with E-state index in [1.54, 1.807) is 6.07 Å². The second-order valence-electron chi connectivity index (χ2n) is 8.40. The number of ether oxygens (including phenoxy) is 1. The molecule has 1 fully saturated rings. The van der Waals surface area contributed by atoms with Crippen molar-refractivity contribution in [2.75, 3.05) is 32.0 Å². The number of aliphatic hydroxyl groups excluding tert-OH is 1. The van der Waals surface area contributed by atoms with Crippen LogP contribution in [0.15, 0.2) is 66.7 Å². The second-order valence-corrected chi connectivity index (χ2v) is 8.40. The zero-order valence-corrected chi connectivity index (χ0v) is 18.7. The van der Waals surface area contributed by atoms with Crippen LogP contribution >= 0.6 is 0 Å². The lowest BCUT2D eigenvalue weighted by Gasteiger charge is -2.26.